The number of nitrogens with two attached hydrogens (primary N) is 1. The summed E-state index contributed by atoms with van der Waals surface area (Å²) in [6, 6.07) is 17.5. The normalized spacial score (nSPS) is 18.5. The van der Waals surface area contributed by atoms with Gasteiger partial charge in [0.25, 0.3) is 0 Å². The van der Waals surface area contributed by atoms with Crippen LogP contribution < -0.4 is 31.9 Å². The lowest BCUT2D eigenvalue weighted by Crippen LogP contribution is -2.57. The third kappa shape index (κ3) is 12.0. The molecule has 0 bridgehead atoms. The number of benzene rings is 3. The third-order valence-electron chi connectivity index (χ3n) is 13.0. The second-order valence-electron chi connectivity index (χ2n) is 19.2. The minimum Gasteiger partial charge on any atom is -0.391 e. The Morgan fingerprint density at radius 3 is 2.21 bits per heavy atom. The van der Waals surface area contributed by atoms with Crippen LogP contribution in [0.15, 0.2) is 72.2 Å². The number of carbonyl (C=O) groups is 7. The first-order chi connectivity index (χ1) is 32.5. The van der Waals surface area contributed by atoms with Gasteiger partial charge in [-0.15, -0.1) is 11.3 Å². The van der Waals surface area contributed by atoms with E-state index in [4.69, 9.17) is 5.73 Å². The van der Waals surface area contributed by atoms with Gasteiger partial charge in [-0.25, -0.2) is 4.98 Å². The number of primary amides is 1. The summed E-state index contributed by atoms with van der Waals surface area (Å²) < 4.78 is 0. The Morgan fingerprint density at radius 2 is 1.53 bits per heavy atom. The van der Waals surface area contributed by atoms with E-state index in [1.54, 1.807) is 21.7 Å². The van der Waals surface area contributed by atoms with E-state index in [1.807, 2.05) is 94.4 Å². The molecule has 4 heterocycles. The van der Waals surface area contributed by atoms with E-state index in [9.17, 15) is 38.7 Å². The summed E-state index contributed by atoms with van der Waals surface area (Å²) in [5, 5.41) is 22.1. The second kappa shape index (κ2) is 21.7. The number of β-amino-alcohol motifs (C(OH)–C–C–N with tert-alkyl or cyclic N) is 1. The molecule has 4 aromatic rings. The fourth-order valence-electron chi connectivity index (χ4n) is 9.26. The zero-order chi connectivity index (χ0) is 48.7. The van der Waals surface area contributed by atoms with Crippen molar-refractivity contribution in [3.63, 3.8) is 0 Å². The first kappa shape index (κ1) is 49.4. The number of para-hydroxylation sites is 1. The number of nitrogens with zero attached hydrogens (tertiary/aromatic N) is 3. The number of aliphatic hydroxyl groups is 1. The van der Waals surface area contributed by atoms with Gasteiger partial charge in [0.1, 0.15) is 24.2 Å². The van der Waals surface area contributed by atoms with Gasteiger partial charge in [-0.1, -0.05) is 87.5 Å². The van der Waals surface area contributed by atoms with Crippen LogP contribution in [0.25, 0.3) is 10.4 Å². The minimum absolute atomic E-state index is 0.00637. The standard InChI is InChI=1S/C51H62N8O8S/c1-30-45(68-29-55-30)35-20-18-33(19-21-35)27-54-48(65)39-25-37(60)28-58(39)50(67)46(51(2,3)4)57-42(62)12-5-8-31-14-16-32(17-15-31)26-53-47(64)38(22-23-41(52)61)56-49(66)40-24-36-11-6-9-34-10-7-13-43(63)59(40)44(34)36/h6,9,11,14-21,29,37-40,46,60H,5,7-8,10,12-13,22-28H2,1-4H3,(H2,52,61)(H,53,64)(H,54,65)(H,56,66)(H,57,62)/t37-,38+,39+,40+,46-/m1/s1. The Bertz CT molecular complexity index is 2520. The van der Waals surface area contributed by atoms with E-state index in [0.29, 0.717) is 32.1 Å². The van der Waals surface area contributed by atoms with E-state index in [2.05, 4.69) is 26.3 Å². The van der Waals surface area contributed by atoms with Crippen molar-refractivity contribution in [3.8, 4) is 10.4 Å². The number of carbonyl (C=O) groups excluding carboxylic acids is 7. The van der Waals surface area contributed by atoms with Crippen LogP contribution in [-0.2, 0) is 65.9 Å². The van der Waals surface area contributed by atoms with Crippen molar-refractivity contribution in [1.29, 1.82) is 0 Å². The van der Waals surface area contributed by atoms with Crippen molar-refractivity contribution >= 4 is 58.4 Å². The number of nitrogens with one attached hydrogen (secondary N) is 4. The fraction of sp³-hybridized carbons (Fsp3) is 0.451. The molecule has 68 heavy (non-hydrogen) atoms. The van der Waals surface area contributed by atoms with Crippen LogP contribution >= 0.6 is 11.3 Å². The predicted molar refractivity (Wildman–Crippen MR) is 258 cm³/mol. The maximum absolute atomic E-state index is 14.1. The minimum atomic E-state index is -1.05. The highest BCUT2D eigenvalue weighted by Gasteiger charge is 2.45. The summed E-state index contributed by atoms with van der Waals surface area (Å²) in [7, 11) is 0. The van der Waals surface area contributed by atoms with Crippen LogP contribution in [0.2, 0.25) is 0 Å². The van der Waals surface area contributed by atoms with Crippen molar-refractivity contribution in [1.82, 2.24) is 31.2 Å². The van der Waals surface area contributed by atoms with Crippen molar-refractivity contribution in [2.24, 2.45) is 11.1 Å². The van der Waals surface area contributed by atoms with Crippen molar-refractivity contribution in [2.45, 2.75) is 135 Å². The molecular weight excluding hydrogens is 885 g/mol. The molecule has 0 radical (unpaired) electrons. The van der Waals surface area contributed by atoms with Crippen LogP contribution in [0.5, 0.6) is 0 Å². The molecule has 3 aromatic carbocycles. The number of amides is 7. The first-order valence-electron chi connectivity index (χ1n) is 23.4. The number of rotatable bonds is 18. The zero-order valence-electron chi connectivity index (χ0n) is 39.1. The summed E-state index contributed by atoms with van der Waals surface area (Å²) in [6.45, 7) is 7.87. The topological polar surface area (TPSA) is 233 Å². The van der Waals surface area contributed by atoms with E-state index < -0.39 is 59.3 Å². The molecule has 7 amide bonds. The van der Waals surface area contributed by atoms with E-state index >= 15 is 0 Å². The van der Waals surface area contributed by atoms with Gasteiger partial charge in [-0.2, -0.15) is 0 Å². The van der Waals surface area contributed by atoms with E-state index in [1.165, 1.54) is 4.90 Å². The molecule has 17 heteroatoms. The van der Waals surface area contributed by atoms with Crippen molar-refractivity contribution in [2.75, 3.05) is 11.4 Å². The number of aliphatic hydroxyl groups excluding tert-OH is 1. The molecule has 7 N–H and O–H groups in total. The Morgan fingerprint density at radius 1 is 0.853 bits per heavy atom. The van der Waals surface area contributed by atoms with Crippen LogP contribution in [0.3, 0.4) is 0 Å². The predicted octanol–water partition coefficient (Wildman–Crippen LogP) is 3.91. The molecule has 0 unspecified atom stereocenters. The van der Waals surface area contributed by atoms with Gasteiger partial charge in [0.15, 0.2) is 0 Å². The number of hydrogen-bond acceptors (Lipinski definition) is 10. The largest absolute Gasteiger partial charge is 0.391 e. The maximum Gasteiger partial charge on any atom is 0.246 e. The number of hydrogen-bond donors (Lipinski definition) is 6. The molecule has 360 valence electrons. The molecule has 1 aromatic heterocycles. The summed E-state index contributed by atoms with van der Waals surface area (Å²) in [4.78, 5) is 101. The molecule has 0 saturated carbocycles. The van der Waals surface area contributed by atoms with Crippen LogP contribution in [0.4, 0.5) is 5.69 Å². The molecule has 3 aliphatic rings. The summed E-state index contributed by atoms with van der Waals surface area (Å²) in [5.74, 6) is -2.81. The number of thiazole rings is 1. The summed E-state index contributed by atoms with van der Waals surface area (Å²) in [5.41, 5.74) is 13.9. The number of likely N-dealkylation sites (tertiary alicyclic amines) is 1. The van der Waals surface area contributed by atoms with Crippen LogP contribution in [-0.4, -0.2) is 93.2 Å². The maximum atomic E-state index is 14.1. The third-order valence-corrected chi connectivity index (χ3v) is 13.9. The van der Waals surface area contributed by atoms with Crippen molar-refractivity contribution < 1.29 is 38.7 Å². The van der Waals surface area contributed by atoms with Crippen LogP contribution in [0, 0.1) is 12.3 Å². The molecule has 3 aliphatic heterocycles. The van der Waals surface area contributed by atoms with Gasteiger partial charge in [0.05, 0.1) is 27.9 Å². The average Bonchev–Trinajstić information content (AvgIpc) is 4.01. The lowest BCUT2D eigenvalue weighted by molar-refractivity contribution is -0.144. The summed E-state index contributed by atoms with van der Waals surface area (Å²) in [6.07, 6.45) is 2.36. The number of aromatic nitrogens is 1. The van der Waals surface area contributed by atoms with Gasteiger partial charge < -0.3 is 37.0 Å². The lowest BCUT2D eigenvalue weighted by atomic mass is 9.85. The first-order valence-corrected chi connectivity index (χ1v) is 24.3. The Labute approximate surface area is 400 Å². The second-order valence-corrected chi connectivity index (χ2v) is 20.0. The number of anilines is 1. The Balaban J connectivity index is 0.877. The lowest BCUT2D eigenvalue weighted by Gasteiger charge is -2.35. The molecule has 1 saturated heterocycles. The fourth-order valence-corrected chi connectivity index (χ4v) is 10.1. The molecule has 0 spiro atoms. The highest BCUT2D eigenvalue weighted by Crippen LogP contribution is 2.39. The van der Waals surface area contributed by atoms with Gasteiger partial charge >= 0.3 is 0 Å². The van der Waals surface area contributed by atoms with E-state index in [-0.39, 0.29) is 63.0 Å². The molecule has 16 nitrogen and oxygen atoms in total. The van der Waals surface area contributed by atoms with Gasteiger partial charge in [0, 0.05) is 51.7 Å². The van der Waals surface area contributed by atoms with Gasteiger partial charge in [-0.3, -0.25) is 38.5 Å². The molecule has 7 rings (SSSR count). The monoisotopic (exact) mass is 946 g/mol. The van der Waals surface area contributed by atoms with Gasteiger partial charge in [0.2, 0.25) is 41.4 Å². The van der Waals surface area contributed by atoms with E-state index in [0.717, 1.165) is 56.1 Å². The molecule has 5 atom stereocenters. The SMILES string of the molecule is Cc1ncsc1-c1ccc(CNC(=O)[C@@H]2C[C@@H](O)CN2C(=O)[C@@H](NC(=O)CCCc2ccc(CNC(=O)[C@H](CCC(N)=O)NC(=O)[C@@H]3Cc4cccc5c4N3C(=O)CCC5)cc2)C(C)(C)C)cc1. The van der Waals surface area contributed by atoms with Crippen molar-refractivity contribution in [3.05, 3.63) is 106 Å². The molecular formula is C51H62N8O8S. The Kier molecular flexibility index (Phi) is 15.7. The summed E-state index contributed by atoms with van der Waals surface area (Å²) >= 11 is 1.57. The number of aryl methyl sites for hydroxylation is 3. The highest BCUT2D eigenvalue weighted by molar-refractivity contribution is 7.13. The smallest absolute Gasteiger partial charge is 0.246 e. The molecule has 1 fully saturated rings. The average molecular weight is 947 g/mol. The quantitative estimate of drug-likeness (QED) is 0.0848. The molecule has 0 aliphatic carbocycles. The zero-order valence-corrected chi connectivity index (χ0v) is 40.0. The highest BCUT2D eigenvalue weighted by atomic mass is 32.1. The van der Waals surface area contributed by atoms with Gasteiger partial charge in [-0.05, 0) is 77.8 Å². The Hall–Kier alpha value is -6.46. The van der Waals surface area contributed by atoms with Crippen LogP contribution in [0.1, 0.15) is 99.2 Å².